The number of carboxylic acids is 1. The van der Waals surface area contributed by atoms with Crippen LogP contribution in [-0.4, -0.2) is 17.6 Å². The molecule has 0 unspecified atom stereocenters. The molecule has 1 heterocycles. The van der Waals surface area contributed by atoms with E-state index in [1.165, 1.54) is 11.0 Å². The van der Waals surface area contributed by atoms with Gasteiger partial charge in [0.2, 0.25) is 0 Å². The van der Waals surface area contributed by atoms with Crippen LogP contribution in [0.2, 0.25) is 0 Å². The Morgan fingerprint density at radius 1 is 1.73 bits per heavy atom. The summed E-state index contributed by atoms with van der Waals surface area (Å²) < 4.78 is 0. The molecular weight excluding hydrogens is 210 g/mol. The van der Waals surface area contributed by atoms with Gasteiger partial charge in [-0.2, -0.15) is 0 Å². The molecular formula is C11H15NO2S. The first-order valence-electron chi connectivity index (χ1n) is 4.76. The van der Waals surface area contributed by atoms with Crippen molar-refractivity contribution >= 4 is 17.3 Å². The summed E-state index contributed by atoms with van der Waals surface area (Å²) >= 11 is 1.70. The minimum absolute atomic E-state index is 0.266. The molecule has 0 amide bonds. The first-order valence-corrected chi connectivity index (χ1v) is 5.64. The standard InChI is InChI=1S/C11H15NO2S/c1-8(6-11(13)14)7-12-9(2)10-4-3-5-15-10/h3-6,9,12H,7H2,1-2H3,(H,13,14)/b8-6+/t9-/m1/s1. The highest BCUT2D eigenvalue weighted by atomic mass is 32.1. The topological polar surface area (TPSA) is 49.3 Å². The number of thiophene rings is 1. The van der Waals surface area contributed by atoms with Crippen LogP contribution >= 0.6 is 11.3 Å². The van der Waals surface area contributed by atoms with Crippen LogP contribution in [0.1, 0.15) is 24.8 Å². The highest BCUT2D eigenvalue weighted by molar-refractivity contribution is 7.10. The first-order chi connectivity index (χ1) is 7.09. The molecule has 0 aromatic carbocycles. The lowest BCUT2D eigenvalue weighted by molar-refractivity contribution is -0.131. The highest BCUT2D eigenvalue weighted by Crippen LogP contribution is 2.17. The lowest BCUT2D eigenvalue weighted by Gasteiger charge is -2.11. The summed E-state index contributed by atoms with van der Waals surface area (Å²) in [7, 11) is 0. The van der Waals surface area contributed by atoms with Gasteiger partial charge >= 0.3 is 5.97 Å². The van der Waals surface area contributed by atoms with E-state index in [-0.39, 0.29) is 6.04 Å². The van der Waals surface area contributed by atoms with Gasteiger partial charge in [-0.15, -0.1) is 11.3 Å². The number of aliphatic carboxylic acids is 1. The minimum Gasteiger partial charge on any atom is -0.478 e. The SMILES string of the molecule is C/C(=C\C(=O)O)CN[C@H](C)c1cccs1. The van der Waals surface area contributed by atoms with Crippen molar-refractivity contribution in [2.24, 2.45) is 0 Å². The van der Waals surface area contributed by atoms with Crippen LogP contribution in [0.15, 0.2) is 29.2 Å². The number of carboxylic acid groups (broad SMARTS) is 1. The molecule has 0 aliphatic carbocycles. The van der Waals surface area contributed by atoms with Crippen molar-refractivity contribution in [3.63, 3.8) is 0 Å². The van der Waals surface area contributed by atoms with Gasteiger partial charge in [0.25, 0.3) is 0 Å². The number of hydrogen-bond donors (Lipinski definition) is 2. The van der Waals surface area contributed by atoms with Gasteiger partial charge in [0.1, 0.15) is 0 Å². The van der Waals surface area contributed by atoms with Crippen molar-refractivity contribution in [3.8, 4) is 0 Å². The second-order valence-corrected chi connectivity index (χ2v) is 4.43. The fraction of sp³-hybridized carbons (Fsp3) is 0.364. The van der Waals surface area contributed by atoms with Gasteiger partial charge in [-0.1, -0.05) is 11.6 Å². The summed E-state index contributed by atoms with van der Waals surface area (Å²) in [4.78, 5) is 11.6. The van der Waals surface area contributed by atoms with E-state index in [4.69, 9.17) is 5.11 Å². The Morgan fingerprint density at radius 3 is 3.00 bits per heavy atom. The van der Waals surface area contributed by atoms with E-state index in [1.54, 1.807) is 11.3 Å². The molecule has 0 aliphatic rings. The molecule has 82 valence electrons. The second-order valence-electron chi connectivity index (χ2n) is 3.45. The van der Waals surface area contributed by atoms with E-state index in [2.05, 4.69) is 18.3 Å². The van der Waals surface area contributed by atoms with Crippen molar-refractivity contribution in [1.29, 1.82) is 0 Å². The summed E-state index contributed by atoms with van der Waals surface area (Å²) in [5, 5.41) is 13.8. The summed E-state index contributed by atoms with van der Waals surface area (Å²) in [6.07, 6.45) is 1.23. The molecule has 1 atom stereocenters. The number of carbonyl (C=O) groups is 1. The van der Waals surface area contributed by atoms with Crippen molar-refractivity contribution in [3.05, 3.63) is 34.0 Å². The predicted molar refractivity (Wildman–Crippen MR) is 62.1 cm³/mol. The van der Waals surface area contributed by atoms with Crippen LogP contribution in [0.4, 0.5) is 0 Å². The van der Waals surface area contributed by atoms with Crippen molar-refractivity contribution < 1.29 is 9.90 Å². The predicted octanol–water partition coefficient (Wildman–Crippen LogP) is 2.43. The quantitative estimate of drug-likeness (QED) is 0.757. The lowest BCUT2D eigenvalue weighted by Crippen LogP contribution is -2.20. The summed E-state index contributed by atoms with van der Waals surface area (Å²) in [5.41, 5.74) is 0.825. The molecule has 1 aromatic rings. The van der Waals surface area contributed by atoms with E-state index in [1.807, 2.05) is 18.4 Å². The van der Waals surface area contributed by atoms with Crippen LogP contribution in [0.3, 0.4) is 0 Å². The van der Waals surface area contributed by atoms with Crippen LogP contribution < -0.4 is 5.32 Å². The van der Waals surface area contributed by atoms with Crippen LogP contribution in [0.5, 0.6) is 0 Å². The minimum atomic E-state index is -0.891. The smallest absolute Gasteiger partial charge is 0.328 e. The highest BCUT2D eigenvalue weighted by Gasteiger charge is 2.05. The van der Waals surface area contributed by atoms with Gasteiger partial charge in [-0.3, -0.25) is 0 Å². The molecule has 1 rings (SSSR count). The Labute approximate surface area is 93.4 Å². The molecule has 0 saturated carbocycles. The molecule has 0 spiro atoms. The third-order valence-electron chi connectivity index (χ3n) is 2.03. The number of rotatable bonds is 5. The average Bonchev–Trinajstić information content (AvgIpc) is 2.65. The zero-order chi connectivity index (χ0) is 11.3. The van der Waals surface area contributed by atoms with E-state index in [9.17, 15) is 4.79 Å². The van der Waals surface area contributed by atoms with Crippen molar-refractivity contribution in [2.45, 2.75) is 19.9 Å². The second kappa shape index (κ2) is 5.68. The summed E-state index contributed by atoms with van der Waals surface area (Å²) in [6.45, 7) is 4.48. The normalized spacial score (nSPS) is 13.9. The average molecular weight is 225 g/mol. The maximum absolute atomic E-state index is 10.4. The van der Waals surface area contributed by atoms with Crippen LogP contribution in [0.25, 0.3) is 0 Å². The zero-order valence-corrected chi connectivity index (χ0v) is 9.67. The molecule has 0 fully saturated rings. The Balaban J connectivity index is 2.41. The maximum Gasteiger partial charge on any atom is 0.328 e. The van der Waals surface area contributed by atoms with Crippen LogP contribution in [-0.2, 0) is 4.79 Å². The Kier molecular flexibility index (Phi) is 4.52. The van der Waals surface area contributed by atoms with Gasteiger partial charge in [0.05, 0.1) is 0 Å². The van der Waals surface area contributed by atoms with Gasteiger partial charge in [0.15, 0.2) is 0 Å². The van der Waals surface area contributed by atoms with Gasteiger partial charge in [-0.25, -0.2) is 4.79 Å². The van der Waals surface area contributed by atoms with Gasteiger partial charge in [0, 0.05) is 23.5 Å². The summed E-state index contributed by atoms with van der Waals surface area (Å²) in [5.74, 6) is -0.891. The fourth-order valence-corrected chi connectivity index (χ4v) is 1.97. The molecule has 2 N–H and O–H groups in total. The fourth-order valence-electron chi connectivity index (χ4n) is 1.21. The van der Waals surface area contributed by atoms with E-state index in [0.29, 0.717) is 6.54 Å². The van der Waals surface area contributed by atoms with Crippen LogP contribution in [0, 0.1) is 0 Å². The Morgan fingerprint density at radius 2 is 2.47 bits per heavy atom. The van der Waals surface area contributed by atoms with Crippen molar-refractivity contribution in [1.82, 2.24) is 5.32 Å². The van der Waals surface area contributed by atoms with E-state index < -0.39 is 5.97 Å². The number of nitrogens with one attached hydrogen (secondary N) is 1. The van der Waals surface area contributed by atoms with E-state index >= 15 is 0 Å². The molecule has 0 bridgehead atoms. The largest absolute Gasteiger partial charge is 0.478 e. The molecule has 0 radical (unpaired) electrons. The van der Waals surface area contributed by atoms with Gasteiger partial charge in [-0.05, 0) is 25.3 Å². The maximum atomic E-state index is 10.4. The lowest BCUT2D eigenvalue weighted by atomic mass is 10.2. The molecule has 3 nitrogen and oxygen atoms in total. The molecule has 0 aliphatic heterocycles. The third kappa shape index (κ3) is 4.27. The first kappa shape index (κ1) is 11.9. The molecule has 1 aromatic heterocycles. The Hall–Kier alpha value is -1.13. The number of hydrogen-bond acceptors (Lipinski definition) is 3. The molecule has 0 saturated heterocycles. The Bertz CT molecular complexity index is 343. The molecule has 15 heavy (non-hydrogen) atoms. The zero-order valence-electron chi connectivity index (χ0n) is 8.86. The van der Waals surface area contributed by atoms with Gasteiger partial charge < -0.3 is 10.4 Å². The third-order valence-corrected chi connectivity index (χ3v) is 3.08. The summed E-state index contributed by atoms with van der Waals surface area (Å²) in [6, 6.07) is 4.35. The van der Waals surface area contributed by atoms with Crippen molar-refractivity contribution in [2.75, 3.05) is 6.54 Å². The van der Waals surface area contributed by atoms with E-state index in [0.717, 1.165) is 5.57 Å². The monoisotopic (exact) mass is 225 g/mol. The molecule has 4 heteroatoms.